The molecule has 1 aliphatic heterocycles. The van der Waals surface area contributed by atoms with Crippen LogP contribution in [0.15, 0.2) is 0 Å². The first-order valence-electron chi connectivity index (χ1n) is 2.82. The smallest absolute Gasteiger partial charge is 0.433 e. The summed E-state index contributed by atoms with van der Waals surface area (Å²) in [6, 6.07) is 0. The summed E-state index contributed by atoms with van der Waals surface area (Å²) in [5.74, 6) is -1.09. The highest BCUT2D eigenvalue weighted by Gasteiger charge is 2.28. The maximum atomic E-state index is 10.6. The van der Waals surface area contributed by atoms with Gasteiger partial charge in [0.05, 0.1) is 0 Å². The Morgan fingerprint density at radius 3 is 2.80 bits per heavy atom. The molecule has 1 heterocycles. The first-order chi connectivity index (χ1) is 4.74. The standard InChI is InChI=1S/C5H7NO4/c6-1-3-2-9-5(8)10-4(3)7/h3H,1-2,6H2. The number of carbonyl (C=O) groups excluding carboxylic acids is 2. The van der Waals surface area contributed by atoms with E-state index in [2.05, 4.69) is 9.47 Å². The zero-order valence-electron chi connectivity index (χ0n) is 5.20. The van der Waals surface area contributed by atoms with Crippen molar-refractivity contribution in [1.29, 1.82) is 0 Å². The van der Waals surface area contributed by atoms with Gasteiger partial charge >= 0.3 is 12.1 Å². The molecule has 2 N–H and O–H groups in total. The zero-order chi connectivity index (χ0) is 7.56. The molecule has 1 atom stereocenters. The molecule has 56 valence electrons. The molecule has 1 unspecified atom stereocenters. The van der Waals surface area contributed by atoms with Crippen LogP contribution in [0.25, 0.3) is 0 Å². The van der Waals surface area contributed by atoms with Gasteiger partial charge in [-0.2, -0.15) is 0 Å². The van der Waals surface area contributed by atoms with E-state index < -0.39 is 18.0 Å². The number of cyclic esters (lactones) is 3. The Bertz CT molecular complexity index is 167. The van der Waals surface area contributed by atoms with E-state index in [0.717, 1.165) is 0 Å². The summed E-state index contributed by atoms with van der Waals surface area (Å²) in [4.78, 5) is 20.9. The van der Waals surface area contributed by atoms with E-state index in [-0.39, 0.29) is 13.2 Å². The average molecular weight is 145 g/mol. The molecule has 1 rings (SSSR count). The van der Waals surface area contributed by atoms with Crippen LogP contribution in [-0.2, 0) is 14.3 Å². The lowest BCUT2D eigenvalue weighted by Gasteiger charge is -2.17. The van der Waals surface area contributed by atoms with Gasteiger partial charge < -0.3 is 15.2 Å². The van der Waals surface area contributed by atoms with Gasteiger partial charge in [0.1, 0.15) is 12.5 Å². The van der Waals surface area contributed by atoms with Crippen LogP contribution in [0.5, 0.6) is 0 Å². The fourth-order valence-electron chi connectivity index (χ4n) is 0.596. The van der Waals surface area contributed by atoms with Gasteiger partial charge in [-0.25, -0.2) is 4.79 Å². The van der Waals surface area contributed by atoms with Crippen molar-refractivity contribution in [3.8, 4) is 0 Å². The Balaban J connectivity index is 2.51. The Morgan fingerprint density at radius 1 is 1.60 bits per heavy atom. The highest BCUT2D eigenvalue weighted by atomic mass is 16.7. The second kappa shape index (κ2) is 2.66. The van der Waals surface area contributed by atoms with Crippen molar-refractivity contribution in [3.63, 3.8) is 0 Å². The topological polar surface area (TPSA) is 78.6 Å². The van der Waals surface area contributed by atoms with Crippen molar-refractivity contribution < 1.29 is 19.1 Å². The predicted octanol–water partition coefficient (Wildman–Crippen LogP) is -0.745. The van der Waals surface area contributed by atoms with Gasteiger partial charge in [0, 0.05) is 6.54 Å². The summed E-state index contributed by atoms with van der Waals surface area (Å²) in [7, 11) is 0. The van der Waals surface area contributed by atoms with Gasteiger partial charge in [-0.1, -0.05) is 0 Å². The lowest BCUT2D eigenvalue weighted by Crippen LogP contribution is -2.37. The summed E-state index contributed by atoms with van der Waals surface area (Å²) < 4.78 is 8.50. The molecule has 0 aromatic rings. The van der Waals surface area contributed by atoms with Gasteiger partial charge in [-0.05, 0) is 0 Å². The Hall–Kier alpha value is -1.10. The third-order valence-corrected chi connectivity index (χ3v) is 1.20. The number of esters is 1. The summed E-state index contributed by atoms with van der Waals surface area (Å²) in [6.07, 6.45) is -0.935. The molecule has 0 spiro atoms. The molecule has 1 saturated heterocycles. The van der Waals surface area contributed by atoms with Gasteiger partial charge in [0.15, 0.2) is 0 Å². The predicted molar refractivity (Wildman–Crippen MR) is 30.0 cm³/mol. The quantitative estimate of drug-likeness (QED) is 0.388. The van der Waals surface area contributed by atoms with E-state index in [0.29, 0.717) is 0 Å². The van der Waals surface area contributed by atoms with Crippen LogP contribution in [0.1, 0.15) is 0 Å². The fraction of sp³-hybridized carbons (Fsp3) is 0.600. The van der Waals surface area contributed by atoms with Gasteiger partial charge in [-0.3, -0.25) is 4.79 Å². The Kier molecular flexibility index (Phi) is 1.86. The fourth-order valence-corrected chi connectivity index (χ4v) is 0.596. The number of rotatable bonds is 1. The molecule has 0 radical (unpaired) electrons. The highest BCUT2D eigenvalue weighted by Crippen LogP contribution is 2.06. The lowest BCUT2D eigenvalue weighted by molar-refractivity contribution is -0.151. The van der Waals surface area contributed by atoms with E-state index in [9.17, 15) is 9.59 Å². The number of carbonyl (C=O) groups is 2. The Labute approximate surface area is 57.1 Å². The second-order valence-corrected chi connectivity index (χ2v) is 1.91. The largest absolute Gasteiger partial charge is 0.516 e. The van der Waals surface area contributed by atoms with Crippen LogP contribution < -0.4 is 5.73 Å². The molecule has 0 amide bonds. The van der Waals surface area contributed by atoms with Crippen LogP contribution in [0.3, 0.4) is 0 Å². The summed E-state index contributed by atoms with van der Waals surface area (Å²) >= 11 is 0. The van der Waals surface area contributed by atoms with Gasteiger partial charge in [-0.15, -0.1) is 0 Å². The number of hydrogen-bond acceptors (Lipinski definition) is 5. The maximum Gasteiger partial charge on any atom is 0.516 e. The zero-order valence-corrected chi connectivity index (χ0v) is 5.20. The number of ether oxygens (including phenoxy) is 2. The van der Waals surface area contributed by atoms with E-state index in [1.165, 1.54) is 0 Å². The number of hydrogen-bond donors (Lipinski definition) is 1. The molecule has 5 nitrogen and oxygen atoms in total. The normalized spacial score (nSPS) is 25.5. The van der Waals surface area contributed by atoms with E-state index >= 15 is 0 Å². The lowest BCUT2D eigenvalue weighted by atomic mass is 10.1. The first kappa shape index (κ1) is 7.01. The van der Waals surface area contributed by atoms with Crippen molar-refractivity contribution >= 4 is 12.1 Å². The minimum Gasteiger partial charge on any atom is -0.433 e. The van der Waals surface area contributed by atoms with E-state index in [4.69, 9.17) is 5.73 Å². The molecular formula is C5H7NO4. The van der Waals surface area contributed by atoms with Gasteiger partial charge in [0.25, 0.3) is 0 Å². The molecule has 5 heteroatoms. The van der Waals surface area contributed by atoms with Crippen LogP contribution in [0, 0.1) is 5.92 Å². The van der Waals surface area contributed by atoms with Crippen LogP contribution >= 0.6 is 0 Å². The monoisotopic (exact) mass is 145 g/mol. The van der Waals surface area contributed by atoms with E-state index in [1.54, 1.807) is 0 Å². The van der Waals surface area contributed by atoms with E-state index in [1.807, 2.05) is 0 Å². The highest BCUT2D eigenvalue weighted by molar-refractivity contribution is 5.85. The molecule has 0 aromatic heterocycles. The van der Waals surface area contributed by atoms with Crippen molar-refractivity contribution in [1.82, 2.24) is 0 Å². The SMILES string of the molecule is NCC1COC(=O)OC1=O. The van der Waals surface area contributed by atoms with Crippen molar-refractivity contribution in [2.24, 2.45) is 11.7 Å². The van der Waals surface area contributed by atoms with Crippen LogP contribution in [0.2, 0.25) is 0 Å². The van der Waals surface area contributed by atoms with Crippen molar-refractivity contribution in [3.05, 3.63) is 0 Å². The molecule has 0 aromatic carbocycles. The van der Waals surface area contributed by atoms with Crippen molar-refractivity contribution in [2.45, 2.75) is 0 Å². The van der Waals surface area contributed by atoms with Crippen LogP contribution in [0.4, 0.5) is 4.79 Å². The third kappa shape index (κ3) is 1.24. The average Bonchev–Trinajstić information content (AvgIpc) is 1.88. The van der Waals surface area contributed by atoms with Gasteiger partial charge in [0.2, 0.25) is 0 Å². The number of nitrogens with two attached hydrogens (primary N) is 1. The maximum absolute atomic E-state index is 10.6. The molecule has 0 saturated carbocycles. The summed E-state index contributed by atoms with van der Waals surface area (Å²) in [6.45, 7) is 0.181. The molecule has 10 heavy (non-hydrogen) atoms. The Morgan fingerprint density at radius 2 is 2.30 bits per heavy atom. The minimum absolute atomic E-state index is 0.0359. The summed E-state index contributed by atoms with van der Waals surface area (Å²) in [5, 5.41) is 0. The molecule has 1 aliphatic rings. The second-order valence-electron chi connectivity index (χ2n) is 1.91. The minimum atomic E-state index is -0.935. The molecule has 1 fully saturated rings. The third-order valence-electron chi connectivity index (χ3n) is 1.20. The molecule has 0 bridgehead atoms. The molecular weight excluding hydrogens is 138 g/mol. The first-order valence-corrected chi connectivity index (χ1v) is 2.82. The summed E-state index contributed by atoms with van der Waals surface area (Å²) in [5.41, 5.74) is 5.15. The van der Waals surface area contributed by atoms with Crippen LogP contribution in [-0.4, -0.2) is 25.3 Å². The molecule has 0 aliphatic carbocycles. The van der Waals surface area contributed by atoms with Crippen molar-refractivity contribution in [2.75, 3.05) is 13.2 Å².